The molecule has 0 atom stereocenters. The zero-order chi connectivity index (χ0) is 11.7. The van der Waals surface area contributed by atoms with Gasteiger partial charge in [0.25, 0.3) is 5.56 Å². The van der Waals surface area contributed by atoms with Crippen molar-refractivity contribution < 1.29 is 5.11 Å². The zero-order valence-electron chi connectivity index (χ0n) is 8.49. The Labute approximate surface area is 96.6 Å². The van der Waals surface area contributed by atoms with Gasteiger partial charge in [0.2, 0.25) is 5.88 Å². The number of nitrogens with one attached hydrogen (secondary N) is 1. The summed E-state index contributed by atoms with van der Waals surface area (Å²) in [5, 5.41) is 10.1. The average Bonchev–Trinajstić information content (AvgIpc) is 2.19. The summed E-state index contributed by atoms with van der Waals surface area (Å²) in [7, 11) is 0. The molecule has 0 radical (unpaired) electrons. The Morgan fingerprint density at radius 1 is 1.38 bits per heavy atom. The minimum atomic E-state index is -0.405. The van der Waals surface area contributed by atoms with Gasteiger partial charge < -0.3 is 10.1 Å². The molecule has 5 heteroatoms. The molecule has 4 nitrogen and oxygen atoms in total. The number of aromatic amines is 1. The minimum absolute atomic E-state index is 0.0937. The van der Waals surface area contributed by atoms with E-state index in [0.717, 1.165) is 0 Å². The molecule has 0 aliphatic carbocycles. The van der Waals surface area contributed by atoms with Crippen molar-refractivity contribution in [3.63, 3.8) is 0 Å². The summed E-state index contributed by atoms with van der Waals surface area (Å²) in [5.74, 6) is 0.0488. The highest BCUT2D eigenvalue weighted by atomic mass is 35.5. The lowest BCUT2D eigenvalue weighted by molar-refractivity contribution is 0.451. The number of benzene rings is 1. The van der Waals surface area contributed by atoms with Gasteiger partial charge in [-0.05, 0) is 13.0 Å². The molecule has 1 aromatic heterocycles. The zero-order valence-corrected chi connectivity index (χ0v) is 9.25. The van der Waals surface area contributed by atoms with Gasteiger partial charge in [0.1, 0.15) is 11.4 Å². The molecule has 16 heavy (non-hydrogen) atoms. The third-order valence-electron chi connectivity index (χ3n) is 2.16. The SMILES string of the molecule is Cc1nc(O)c(-c2ccccc2Cl)c(=O)[nH]1. The minimum Gasteiger partial charge on any atom is -0.493 e. The fourth-order valence-corrected chi connectivity index (χ4v) is 1.71. The molecule has 0 fully saturated rings. The van der Waals surface area contributed by atoms with Crippen LogP contribution in [0.25, 0.3) is 11.1 Å². The van der Waals surface area contributed by atoms with Crippen LogP contribution < -0.4 is 5.56 Å². The van der Waals surface area contributed by atoms with Crippen molar-refractivity contribution >= 4 is 11.6 Å². The van der Waals surface area contributed by atoms with E-state index in [0.29, 0.717) is 16.4 Å². The summed E-state index contributed by atoms with van der Waals surface area (Å²) < 4.78 is 0. The lowest BCUT2D eigenvalue weighted by Gasteiger charge is -2.05. The monoisotopic (exact) mass is 236 g/mol. The van der Waals surface area contributed by atoms with Gasteiger partial charge in [-0.25, -0.2) is 4.98 Å². The van der Waals surface area contributed by atoms with Crippen molar-refractivity contribution in [1.82, 2.24) is 9.97 Å². The van der Waals surface area contributed by atoms with Crippen molar-refractivity contribution in [2.45, 2.75) is 6.92 Å². The van der Waals surface area contributed by atoms with Crippen LogP contribution in [0.2, 0.25) is 5.02 Å². The number of aromatic hydroxyl groups is 1. The molecule has 0 saturated heterocycles. The van der Waals surface area contributed by atoms with Gasteiger partial charge in [-0.15, -0.1) is 0 Å². The maximum Gasteiger partial charge on any atom is 0.262 e. The number of rotatable bonds is 1. The van der Waals surface area contributed by atoms with Gasteiger partial charge in [-0.2, -0.15) is 0 Å². The Balaban J connectivity index is 2.75. The molecule has 2 aromatic rings. The molecule has 2 N–H and O–H groups in total. The second-order valence-corrected chi connectivity index (χ2v) is 3.74. The number of H-pyrrole nitrogens is 1. The summed E-state index contributed by atoms with van der Waals surface area (Å²) in [4.78, 5) is 18.0. The molecule has 0 unspecified atom stereocenters. The smallest absolute Gasteiger partial charge is 0.262 e. The molecular weight excluding hydrogens is 228 g/mol. The number of nitrogens with zero attached hydrogens (tertiary/aromatic N) is 1. The van der Waals surface area contributed by atoms with Gasteiger partial charge in [0.05, 0.1) is 0 Å². The van der Waals surface area contributed by atoms with Gasteiger partial charge in [0.15, 0.2) is 0 Å². The second-order valence-electron chi connectivity index (χ2n) is 3.33. The van der Waals surface area contributed by atoms with Gasteiger partial charge in [0, 0.05) is 10.6 Å². The first-order valence-corrected chi connectivity index (χ1v) is 5.02. The van der Waals surface area contributed by atoms with Gasteiger partial charge in [-0.3, -0.25) is 4.79 Å². The molecule has 0 aliphatic rings. The van der Waals surface area contributed by atoms with Crippen molar-refractivity contribution in [2.24, 2.45) is 0 Å². The average molecular weight is 237 g/mol. The van der Waals surface area contributed by atoms with E-state index in [1.54, 1.807) is 31.2 Å². The summed E-state index contributed by atoms with van der Waals surface area (Å²) in [6, 6.07) is 6.79. The van der Waals surface area contributed by atoms with E-state index < -0.39 is 5.56 Å². The molecule has 0 aliphatic heterocycles. The molecule has 0 spiro atoms. The van der Waals surface area contributed by atoms with E-state index >= 15 is 0 Å². The van der Waals surface area contributed by atoms with E-state index in [9.17, 15) is 9.90 Å². The molecule has 2 rings (SSSR count). The van der Waals surface area contributed by atoms with Gasteiger partial charge >= 0.3 is 0 Å². The van der Waals surface area contributed by atoms with Gasteiger partial charge in [-0.1, -0.05) is 29.8 Å². The van der Waals surface area contributed by atoms with Crippen LogP contribution in [-0.4, -0.2) is 15.1 Å². The van der Waals surface area contributed by atoms with Crippen LogP contribution >= 0.6 is 11.6 Å². The maximum atomic E-state index is 11.7. The highest BCUT2D eigenvalue weighted by Gasteiger charge is 2.13. The van der Waals surface area contributed by atoms with Crippen molar-refractivity contribution in [1.29, 1.82) is 0 Å². The van der Waals surface area contributed by atoms with E-state index in [1.165, 1.54) is 0 Å². The van der Waals surface area contributed by atoms with Crippen molar-refractivity contribution in [3.8, 4) is 17.0 Å². The van der Waals surface area contributed by atoms with E-state index in [2.05, 4.69) is 9.97 Å². The predicted octanol–water partition coefficient (Wildman–Crippen LogP) is 2.10. The quantitative estimate of drug-likeness (QED) is 0.797. The van der Waals surface area contributed by atoms with Crippen LogP contribution in [0.5, 0.6) is 5.88 Å². The summed E-state index contributed by atoms with van der Waals surface area (Å²) in [5.41, 5.74) is 0.157. The summed E-state index contributed by atoms with van der Waals surface area (Å²) >= 11 is 5.95. The van der Waals surface area contributed by atoms with Crippen molar-refractivity contribution in [3.05, 3.63) is 45.5 Å². The fourth-order valence-electron chi connectivity index (χ4n) is 1.48. The number of hydrogen-bond donors (Lipinski definition) is 2. The summed E-state index contributed by atoms with van der Waals surface area (Å²) in [6.07, 6.45) is 0. The third kappa shape index (κ3) is 1.79. The topological polar surface area (TPSA) is 66.0 Å². The predicted molar refractivity (Wildman–Crippen MR) is 61.7 cm³/mol. The van der Waals surface area contributed by atoms with Crippen LogP contribution in [0.15, 0.2) is 29.1 Å². The van der Waals surface area contributed by atoms with E-state index in [-0.39, 0.29) is 11.4 Å². The molecule has 1 aromatic carbocycles. The number of aromatic nitrogens is 2. The van der Waals surface area contributed by atoms with E-state index in [4.69, 9.17) is 11.6 Å². The normalized spacial score (nSPS) is 10.4. The lowest BCUT2D eigenvalue weighted by atomic mass is 10.1. The number of halogens is 1. The van der Waals surface area contributed by atoms with Crippen LogP contribution in [-0.2, 0) is 0 Å². The van der Waals surface area contributed by atoms with Crippen LogP contribution in [0.4, 0.5) is 0 Å². The highest BCUT2D eigenvalue weighted by molar-refractivity contribution is 6.33. The molecule has 82 valence electrons. The molecule has 0 amide bonds. The Bertz CT molecular complexity index is 593. The van der Waals surface area contributed by atoms with E-state index in [1.807, 2.05) is 0 Å². The standard InChI is InChI=1S/C11H9ClN2O2/c1-6-13-10(15)9(11(16)14-6)7-4-2-3-5-8(7)12/h2-5H,1H3,(H2,13,14,15,16). The molecule has 0 saturated carbocycles. The number of aryl methyl sites for hydroxylation is 1. The Hall–Kier alpha value is -1.81. The number of hydrogen-bond acceptors (Lipinski definition) is 3. The molecule has 1 heterocycles. The second kappa shape index (κ2) is 3.98. The van der Waals surface area contributed by atoms with Crippen LogP contribution in [0.1, 0.15) is 5.82 Å². The van der Waals surface area contributed by atoms with Crippen molar-refractivity contribution in [2.75, 3.05) is 0 Å². The Morgan fingerprint density at radius 3 is 2.69 bits per heavy atom. The molecular formula is C11H9ClN2O2. The third-order valence-corrected chi connectivity index (χ3v) is 2.49. The highest BCUT2D eigenvalue weighted by Crippen LogP contribution is 2.29. The van der Waals surface area contributed by atoms with Crippen LogP contribution in [0.3, 0.4) is 0 Å². The first-order valence-electron chi connectivity index (χ1n) is 4.64. The Kier molecular flexibility index (Phi) is 2.66. The summed E-state index contributed by atoms with van der Waals surface area (Å²) in [6.45, 7) is 1.59. The fraction of sp³-hybridized carbons (Fsp3) is 0.0909. The Morgan fingerprint density at radius 2 is 2.06 bits per heavy atom. The van der Waals surface area contributed by atoms with Crippen LogP contribution in [0, 0.1) is 6.92 Å². The first kappa shape index (κ1) is 10.7. The largest absolute Gasteiger partial charge is 0.493 e. The first-order chi connectivity index (χ1) is 7.59. The lowest BCUT2D eigenvalue weighted by Crippen LogP contribution is -2.12. The molecule has 0 bridgehead atoms. The maximum absolute atomic E-state index is 11.7.